The van der Waals surface area contributed by atoms with Crippen molar-refractivity contribution in [2.24, 2.45) is 5.73 Å². The lowest BCUT2D eigenvalue weighted by atomic mass is 10.3. The highest BCUT2D eigenvalue weighted by Crippen LogP contribution is 2.21. The van der Waals surface area contributed by atoms with Gasteiger partial charge in [0.2, 0.25) is 17.7 Å². The van der Waals surface area contributed by atoms with Crippen LogP contribution in [0.4, 0.5) is 5.69 Å². The molecule has 0 radical (unpaired) electrons. The second-order valence-electron chi connectivity index (χ2n) is 4.88. The molecule has 2 unspecified atom stereocenters. The minimum atomic E-state index is -0.731. The van der Waals surface area contributed by atoms with Crippen LogP contribution in [0, 0.1) is 0 Å². The number of ether oxygens (including phenoxy) is 1. The summed E-state index contributed by atoms with van der Waals surface area (Å²) in [4.78, 5) is 33.2. The Morgan fingerprint density at radius 1 is 1.17 bits per heavy atom. The van der Waals surface area contributed by atoms with Crippen LogP contribution in [0.25, 0.3) is 0 Å². The summed E-state index contributed by atoms with van der Waals surface area (Å²) in [7, 11) is 0. The quantitative estimate of drug-likeness (QED) is 0.614. The smallest absolute Gasteiger partial charge is 0.240 e. The maximum atomic E-state index is 11.3. The molecule has 1 rings (SSSR count). The van der Waals surface area contributed by atoms with Gasteiger partial charge in [-0.15, -0.1) is 11.8 Å². The van der Waals surface area contributed by atoms with Gasteiger partial charge in [-0.3, -0.25) is 14.4 Å². The maximum absolute atomic E-state index is 11.3. The molecule has 23 heavy (non-hydrogen) atoms. The van der Waals surface area contributed by atoms with Crippen molar-refractivity contribution in [1.82, 2.24) is 5.32 Å². The van der Waals surface area contributed by atoms with Gasteiger partial charge in [-0.05, 0) is 31.2 Å². The zero-order valence-electron chi connectivity index (χ0n) is 13.3. The van der Waals surface area contributed by atoms with E-state index in [1.807, 2.05) is 6.92 Å². The van der Waals surface area contributed by atoms with E-state index in [4.69, 9.17) is 10.5 Å². The predicted molar refractivity (Wildman–Crippen MR) is 90.1 cm³/mol. The fourth-order valence-electron chi connectivity index (χ4n) is 1.72. The summed E-state index contributed by atoms with van der Waals surface area (Å²) in [5, 5.41) is 5.16. The van der Waals surface area contributed by atoms with Crippen molar-refractivity contribution in [2.45, 2.75) is 32.2 Å². The molecule has 0 saturated heterocycles. The van der Waals surface area contributed by atoms with Crippen molar-refractivity contribution < 1.29 is 19.1 Å². The van der Waals surface area contributed by atoms with Crippen molar-refractivity contribution >= 4 is 35.2 Å². The number of amides is 3. The Hall–Kier alpha value is -2.22. The number of anilines is 1. The molecule has 4 N–H and O–H groups in total. The summed E-state index contributed by atoms with van der Waals surface area (Å²) in [6.45, 7) is 4.60. The molecule has 0 bridgehead atoms. The zero-order chi connectivity index (χ0) is 17.4. The van der Waals surface area contributed by atoms with Crippen molar-refractivity contribution in [1.29, 1.82) is 0 Å². The van der Waals surface area contributed by atoms with Gasteiger partial charge in [-0.25, -0.2) is 0 Å². The van der Waals surface area contributed by atoms with Crippen LogP contribution in [0.2, 0.25) is 0 Å². The molecule has 0 aliphatic rings. The van der Waals surface area contributed by atoms with Crippen molar-refractivity contribution in [3.63, 3.8) is 0 Å². The Bertz CT molecular complexity index is 562. The molecule has 0 heterocycles. The Labute approximate surface area is 139 Å². The Morgan fingerprint density at radius 3 is 2.26 bits per heavy atom. The van der Waals surface area contributed by atoms with Crippen LogP contribution < -0.4 is 21.1 Å². The van der Waals surface area contributed by atoms with Gasteiger partial charge in [-0.2, -0.15) is 0 Å². The summed E-state index contributed by atoms with van der Waals surface area (Å²) in [5.41, 5.74) is 5.68. The van der Waals surface area contributed by atoms with Crippen molar-refractivity contribution in [3.8, 4) is 5.75 Å². The molecule has 1 aromatic rings. The van der Waals surface area contributed by atoms with E-state index in [9.17, 15) is 14.4 Å². The molecular weight excluding hydrogens is 318 g/mol. The second kappa shape index (κ2) is 9.04. The number of primary amides is 1. The van der Waals surface area contributed by atoms with Gasteiger partial charge in [0.25, 0.3) is 0 Å². The first kappa shape index (κ1) is 18.8. The maximum Gasteiger partial charge on any atom is 0.240 e. The summed E-state index contributed by atoms with van der Waals surface area (Å²) in [6.07, 6.45) is 0. The molecule has 2 atom stereocenters. The van der Waals surface area contributed by atoms with Crippen LogP contribution in [-0.4, -0.2) is 35.0 Å². The predicted octanol–water partition coefficient (Wildman–Crippen LogP) is 1.09. The van der Waals surface area contributed by atoms with E-state index < -0.39 is 11.9 Å². The van der Waals surface area contributed by atoms with Crippen LogP contribution in [0.3, 0.4) is 0 Å². The molecule has 0 aromatic heterocycles. The van der Waals surface area contributed by atoms with E-state index in [-0.39, 0.29) is 17.3 Å². The second-order valence-corrected chi connectivity index (χ2v) is 6.21. The first-order valence-corrected chi connectivity index (χ1v) is 8.05. The van der Waals surface area contributed by atoms with Gasteiger partial charge in [0.15, 0.2) is 0 Å². The molecule has 0 fully saturated rings. The highest BCUT2D eigenvalue weighted by atomic mass is 32.2. The average Bonchev–Trinajstić information content (AvgIpc) is 2.44. The van der Waals surface area contributed by atoms with Gasteiger partial charge >= 0.3 is 0 Å². The monoisotopic (exact) mass is 339 g/mol. The molecule has 1 aromatic carbocycles. The Morgan fingerprint density at radius 2 is 1.78 bits per heavy atom. The van der Waals surface area contributed by atoms with E-state index in [0.717, 1.165) is 0 Å². The number of nitrogens with two attached hydrogens (primary N) is 1. The molecule has 0 aliphatic heterocycles. The fraction of sp³-hybridized carbons (Fsp3) is 0.400. The largest absolute Gasteiger partial charge is 0.480 e. The van der Waals surface area contributed by atoms with Crippen molar-refractivity contribution in [2.75, 3.05) is 11.1 Å². The van der Waals surface area contributed by atoms with Crippen LogP contribution in [0.1, 0.15) is 20.8 Å². The number of carbonyl (C=O) groups is 3. The summed E-state index contributed by atoms with van der Waals surface area (Å²) >= 11 is 1.36. The average molecular weight is 339 g/mol. The van der Waals surface area contributed by atoms with Gasteiger partial charge in [0.1, 0.15) is 17.2 Å². The summed E-state index contributed by atoms with van der Waals surface area (Å²) in [5.74, 6) is -0.0801. The standard InChI is InChI=1S/C15H21N3O4S/c1-9(19)17-12-4-6-13(7-5-12)22-11(3)23-8-14(15(16)21)18-10(2)20/h4-7,11,14H,8H2,1-3H3,(H2,16,21)(H,17,19)(H,18,20). The lowest BCUT2D eigenvalue weighted by Gasteiger charge is -2.18. The van der Waals surface area contributed by atoms with E-state index >= 15 is 0 Å². The fourth-order valence-corrected chi connectivity index (χ4v) is 2.61. The van der Waals surface area contributed by atoms with E-state index in [1.165, 1.54) is 25.6 Å². The first-order chi connectivity index (χ1) is 10.8. The number of hydrogen-bond acceptors (Lipinski definition) is 5. The van der Waals surface area contributed by atoms with Crippen LogP contribution in [-0.2, 0) is 14.4 Å². The molecule has 0 saturated carbocycles. The number of carbonyl (C=O) groups excluding carboxylic acids is 3. The third-order valence-corrected chi connectivity index (χ3v) is 3.79. The van der Waals surface area contributed by atoms with Crippen LogP contribution >= 0.6 is 11.8 Å². The summed E-state index contributed by atoms with van der Waals surface area (Å²) < 4.78 is 5.69. The third-order valence-electron chi connectivity index (χ3n) is 2.70. The number of nitrogens with one attached hydrogen (secondary N) is 2. The molecular formula is C15H21N3O4S. The van der Waals surface area contributed by atoms with Crippen LogP contribution in [0.5, 0.6) is 5.75 Å². The zero-order valence-corrected chi connectivity index (χ0v) is 14.1. The number of thioether (sulfide) groups is 1. The number of hydrogen-bond donors (Lipinski definition) is 3. The van der Waals surface area contributed by atoms with Gasteiger partial charge in [0.05, 0.1) is 0 Å². The molecule has 3 amide bonds. The third kappa shape index (κ3) is 7.55. The molecule has 7 nitrogen and oxygen atoms in total. The summed E-state index contributed by atoms with van der Waals surface area (Å²) in [6, 6.07) is 6.21. The molecule has 8 heteroatoms. The number of rotatable bonds is 8. The topological polar surface area (TPSA) is 111 Å². The number of benzene rings is 1. The lowest BCUT2D eigenvalue weighted by molar-refractivity contribution is -0.125. The SMILES string of the molecule is CC(=O)Nc1ccc(OC(C)SCC(NC(C)=O)C(N)=O)cc1. The highest BCUT2D eigenvalue weighted by molar-refractivity contribution is 7.99. The van der Waals surface area contributed by atoms with E-state index in [0.29, 0.717) is 17.2 Å². The van der Waals surface area contributed by atoms with E-state index in [2.05, 4.69) is 10.6 Å². The minimum Gasteiger partial charge on any atom is -0.480 e. The van der Waals surface area contributed by atoms with Gasteiger partial charge in [-0.1, -0.05) is 0 Å². The van der Waals surface area contributed by atoms with Crippen LogP contribution in [0.15, 0.2) is 24.3 Å². The highest BCUT2D eigenvalue weighted by Gasteiger charge is 2.18. The van der Waals surface area contributed by atoms with Gasteiger partial charge < -0.3 is 21.1 Å². The van der Waals surface area contributed by atoms with Gasteiger partial charge in [0, 0.05) is 25.3 Å². The first-order valence-electron chi connectivity index (χ1n) is 7.00. The van der Waals surface area contributed by atoms with E-state index in [1.54, 1.807) is 24.3 Å². The minimum absolute atomic E-state index is 0.141. The Balaban J connectivity index is 2.49. The Kier molecular flexibility index (Phi) is 7.40. The molecule has 126 valence electrons. The normalized spacial score (nSPS) is 12.8. The van der Waals surface area contributed by atoms with Crippen molar-refractivity contribution in [3.05, 3.63) is 24.3 Å². The lowest BCUT2D eigenvalue weighted by Crippen LogP contribution is -2.45. The molecule has 0 aliphatic carbocycles. The molecule has 0 spiro atoms.